The number of rotatable bonds is 6. The van der Waals surface area contributed by atoms with Crippen molar-refractivity contribution in [2.75, 3.05) is 11.9 Å². The van der Waals surface area contributed by atoms with Crippen molar-refractivity contribution in [3.63, 3.8) is 0 Å². The largest absolute Gasteiger partial charge is 0.508 e. The van der Waals surface area contributed by atoms with Gasteiger partial charge in [-0.15, -0.1) is 0 Å². The first kappa shape index (κ1) is 18.7. The fraction of sp³-hybridized carbons (Fsp3) is 0.111. The molecule has 7 heteroatoms. The van der Waals surface area contributed by atoms with Gasteiger partial charge < -0.3 is 15.7 Å². The third kappa shape index (κ3) is 5.71. The lowest BCUT2D eigenvalue weighted by Crippen LogP contribution is -2.27. The second-order valence-corrected chi connectivity index (χ2v) is 5.95. The zero-order valence-corrected chi connectivity index (χ0v) is 14.6. The second kappa shape index (κ2) is 8.97. The number of benzene rings is 2. The van der Waals surface area contributed by atoms with E-state index in [0.717, 1.165) is 5.56 Å². The van der Waals surface area contributed by atoms with Gasteiger partial charge in [-0.2, -0.15) is 5.26 Å². The summed E-state index contributed by atoms with van der Waals surface area (Å²) < 4.78 is 0. The van der Waals surface area contributed by atoms with Crippen molar-refractivity contribution in [2.24, 2.45) is 0 Å². The van der Waals surface area contributed by atoms with E-state index < -0.39 is 5.91 Å². The molecule has 0 unspecified atom stereocenters. The number of anilines is 1. The molecule has 0 saturated carbocycles. The molecule has 0 bridgehead atoms. The highest BCUT2D eigenvalue weighted by atomic mass is 35.5. The molecule has 2 aromatic carbocycles. The highest BCUT2D eigenvalue weighted by molar-refractivity contribution is 6.35. The van der Waals surface area contributed by atoms with Crippen LogP contribution in [0, 0.1) is 11.3 Å². The van der Waals surface area contributed by atoms with Gasteiger partial charge in [-0.1, -0.05) is 35.3 Å². The van der Waals surface area contributed by atoms with E-state index in [9.17, 15) is 9.90 Å². The summed E-state index contributed by atoms with van der Waals surface area (Å²) in [4.78, 5) is 12.1. The van der Waals surface area contributed by atoms with Gasteiger partial charge in [0.15, 0.2) is 0 Å². The van der Waals surface area contributed by atoms with Crippen LogP contribution < -0.4 is 10.6 Å². The van der Waals surface area contributed by atoms with Crippen LogP contribution in [-0.2, 0) is 11.2 Å². The molecular formula is C18H15Cl2N3O2. The Balaban J connectivity index is 1.92. The van der Waals surface area contributed by atoms with Gasteiger partial charge in [-0.05, 0) is 42.3 Å². The van der Waals surface area contributed by atoms with Crippen molar-refractivity contribution < 1.29 is 9.90 Å². The number of amides is 1. The second-order valence-electron chi connectivity index (χ2n) is 5.11. The van der Waals surface area contributed by atoms with Crippen LogP contribution >= 0.6 is 23.2 Å². The van der Waals surface area contributed by atoms with Gasteiger partial charge in [0.25, 0.3) is 5.91 Å². The zero-order chi connectivity index (χ0) is 18.2. The predicted octanol–water partition coefficient (Wildman–Crippen LogP) is 3.88. The molecule has 0 aliphatic carbocycles. The van der Waals surface area contributed by atoms with Gasteiger partial charge in [0, 0.05) is 17.8 Å². The van der Waals surface area contributed by atoms with E-state index in [2.05, 4.69) is 10.6 Å². The minimum atomic E-state index is -0.494. The predicted molar refractivity (Wildman–Crippen MR) is 98.6 cm³/mol. The first-order valence-corrected chi connectivity index (χ1v) is 8.13. The quantitative estimate of drug-likeness (QED) is 0.528. The highest BCUT2D eigenvalue weighted by Gasteiger charge is 2.09. The number of nitrogens with zero attached hydrogens (tertiary/aromatic N) is 1. The van der Waals surface area contributed by atoms with Gasteiger partial charge in [-0.25, -0.2) is 0 Å². The molecule has 0 aliphatic heterocycles. The third-order valence-electron chi connectivity index (χ3n) is 3.30. The molecule has 5 nitrogen and oxygen atoms in total. The lowest BCUT2D eigenvalue weighted by molar-refractivity contribution is -0.117. The molecule has 0 aromatic heterocycles. The van der Waals surface area contributed by atoms with E-state index in [1.54, 1.807) is 42.5 Å². The summed E-state index contributed by atoms with van der Waals surface area (Å²) in [5, 5.41) is 24.7. The van der Waals surface area contributed by atoms with Crippen molar-refractivity contribution >= 4 is 34.8 Å². The number of aromatic hydroxyl groups is 1. The number of carbonyl (C=O) groups excluding carboxylic acids is 1. The molecule has 0 fully saturated rings. The van der Waals surface area contributed by atoms with E-state index in [1.165, 1.54) is 6.20 Å². The fourth-order valence-electron chi connectivity index (χ4n) is 1.98. The Hall–Kier alpha value is -2.68. The normalized spacial score (nSPS) is 10.8. The molecule has 128 valence electrons. The zero-order valence-electron chi connectivity index (χ0n) is 13.1. The summed E-state index contributed by atoms with van der Waals surface area (Å²) in [7, 11) is 0. The lowest BCUT2D eigenvalue weighted by Gasteiger charge is -2.07. The van der Waals surface area contributed by atoms with Gasteiger partial charge in [0.1, 0.15) is 17.4 Å². The molecule has 0 saturated heterocycles. The molecule has 0 atom stereocenters. The van der Waals surface area contributed by atoms with Gasteiger partial charge >= 0.3 is 0 Å². The average Bonchev–Trinajstić information content (AvgIpc) is 2.60. The fourth-order valence-corrected chi connectivity index (χ4v) is 2.33. The molecule has 1 amide bonds. The van der Waals surface area contributed by atoms with Crippen LogP contribution in [0.4, 0.5) is 5.69 Å². The molecule has 0 spiro atoms. The van der Waals surface area contributed by atoms with Crippen molar-refractivity contribution in [2.45, 2.75) is 6.42 Å². The van der Waals surface area contributed by atoms with Crippen molar-refractivity contribution in [1.82, 2.24) is 5.32 Å². The summed E-state index contributed by atoms with van der Waals surface area (Å²) in [6.07, 6.45) is 1.87. The summed E-state index contributed by atoms with van der Waals surface area (Å²) in [6, 6.07) is 13.4. The number of phenols is 1. The molecule has 3 N–H and O–H groups in total. The number of hydrogen-bond donors (Lipinski definition) is 3. The monoisotopic (exact) mass is 375 g/mol. The smallest absolute Gasteiger partial charge is 0.263 e. The van der Waals surface area contributed by atoms with E-state index in [4.69, 9.17) is 28.5 Å². The Kier molecular flexibility index (Phi) is 6.70. The van der Waals surface area contributed by atoms with Crippen LogP contribution in [0.2, 0.25) is 10.0 Å². The van der Waals surface area contributed by atoms with Crippen molar-refractivity contribution in [1.29, 1.82) is 5.26 Å². The van der Waals surface area contributed by atoms with E-state index in [1.807, 2.05) is 6.07 Å². The van der Waals surface area contributed by atoms with Crippen LogP contribution in [0.15, 0.2) is 54.2 Å². The van der Waals surface area contributed by atoms with Gasteiger partial charge in [0.05, 0.1) is 10.7 Å². The number of carbonyl (C=O) groups is 1. The maximum Gasteiger partial charge on any atom is 0.263 e. The van der Waals surface area contributed by atoms with Gasteiger partial charge in [-0.3, -0.25) is 4.79 Å². The summed E-state index contributed by atoms with van der Waals surface area (Å²) >= 11 is 11.9. The van der Waals surface area contributed by atoms with Crippen LogP contribution in [0.25, 0.3) is 0 Å². The number of nitriles is 1. The Morgan fingerprint density at radius 1 is 1.20 bits per heavy atom. The van der Waals surface area contributed by atoms with Crippen LogP contribution in [-0.4, -0.2) is 17.6 Å². The summed E-state index contributed by atoms with van der Waals surface area (Å²) in [6.45, 7) is 0.362. The number of halogens is 2. The average molecular weight is 376 g/mol. The minimum absolute atomic E-state index is 0.0817. The topological polar surface area (TPSA) is 85.2 Å². The van der Waals surface area contributed by atoms with Crippen LogP contribution in [0.3, 0.4) is 0 Å². The Morgan fingerprint density at radius 3 is 2.60 bits per heavy atom. The molecule has 0 aliphatic rings. The van der Waals surface area contributed by atoms with Gasteiger partial charge in [0.2, 0.25) is 0 Å². The number of phenolic OH excluding ortho intramolecular Hbond substituents is 1. The Morgan fingerprint density at radius 2 is 1.92 bits per heavy atom. The van der Waals surface area contributed by atoms with Crippen LogP contribution in [0.5, 0.6) is 5.75 Å². The Bertz CT molecular complexity index is 827. The maximum atomic E-state index is 12.1. The van der Waals surface area contributed by atoms with Crippen LogP contribution in [0.1, 0.15) is 5.56 Å². The SMILES string of the molecule is N#C/C(=C/Nc1cc(Cl)ccc1Cl)C(=O)NCCc1ccc(O)cc1. The molecule has 2 rings (SSSR count). The van der Waals surface area contributed by atoms with E-state index in [-0.39, 0.29) is 11.3 Å². The lowest BCUT2D eigenvalue weighted by atomic mass is 10.1. The standard InChI is InChI=1S/C18H15Cl2N3O2/c19-14-3-6-16(20)17(9-14)23-11-13(10-21)18(25)22-8-7-12-1-4-15(24)5-2-12/h1-6,9,11,23-24H,7-8H2,(H,22,25)/b13-11-. The summed E-state index contributed by atoms with van der Waals surface area (Å²) in [5.41, 5.74) is 1.38. The minimum Gasteiger partial charge on any atom is -0.508 e. The van der Waals surface area contributed by atoms with Crippen molar-refractivity contribution in [3.05, 3.63) is 69.8 Å². The molecular weight excluding hydrogens is 361 g/mol. The first-order chi connectivity index (χ1) is 12.0. The van der Waals surface area contributed by atoms with E-state index in [0.29, 0.717) is 28.7 Å². The maximum absolute atomic E-state index is 12.1. The van der Waals surface area contributed by atoms with Crippen molar-refractivity contribution in [3.8, 4) is 11.8 Å². The first-order valence-electron chi connectivity index (χ1n) is 7.37. The molecule has 0 radical (unpaired) electrons. The molecule has 25 heavy (non-hydrogen) atoms. The molecule has 2 aromatic rings. The van der Waals surface area contributed by atoms with E-state index >= 15 is 0 Å². The third-order valence-corrected chi connectivity index (χ3v) is 3.87. The number of nitrogens with one attached hydrogen (secondary N) is 2. The Labute approximate surface area is 155 Å². The summed E-state index contributed by atoms with van der Waals surface area (Å²) in [5.74, 6) is -0.305. The number of hydrogen-bond acceptors (Lipinski definition) is 4. The highest BCUT2D eigenvalue weighted by Crippen LogP contribution is 2.25. The molecule has 0 heterocycles.